The van der Waals surface area contributed by atoms with E-state index in [2.05, 4.69) is 98.3 Å². The third kappa shape index (κ3) is 4.85. The van der Waals surface area contributed by atoms with Gasteiger partial charge in [-0.05, 0) is 69.5 Å². The molecule has 1 aliphatic carbocycles. The fraction of sp³-hybridized carbons (Fsp3) is 0.464. The second kappa shape index (κ2) is 11.2. The highest BCUT2D eigenvalue weighted by Gasteiger charge is 2.40. The first kappa shape index (κ1) is 23.9. The summed E-state index contributed by atoms with van der Waals surface area (Å²) >= 11 is 0. The lowest BCUT2D eigenvalue weighted by Gasteiger charge is -2.34. The molecule has 32 heavy (non-hydrogen) atoms. The molecule has 0 aromatic heterocycles. The normalized spacial score (nSPS) is 15.5. The standard InChI is InChI=1S/C28H39N3O/c1-6-11-20-29-27-25(21-12-16-23(17-13-21)30(7-2)8-3)28(32)26(27)22-14-18-24(19-15-22)31(9-4)10-5/h12-19,25,29H,6-11,20H2,1-5H3. The highest BCUT2D eigenvalue weighted by molar-refractivity contribution is 6.32. The zero-order valence-corrected chi connectivity index (χ0v) is 20.4. The monoisotopic (exact) mass is 433 g/mol. The van der Waals surface area contributed by atoms with Gasteiger partial charge in [-0.15, -0.1) is 0 Å². The number of benzene rings is 2. The molecule has 0 heterocycles. The fourth-order valence-corrected chi connectivity index (χ4v) is 4.57. The van der Waals surface area contributed by atoms with E-state index in [4.69, 9.17) is 0 Å². The van der Waals surface area contributed by atoms with Crippen LogP contribution in [0.15, 0.2) is 54.2 Å². The van der Waals surface area contributed by atoms with Crippen LogP contribution in [0.25, 0.3) is 5.57 Å². The number of unbranched alkanes of at least 4 members (excludes halogenated alkanes) is 1. The Bertz CT molecular complexity index is 907. The molecule has 2 aromatic carbocycles. The number of Topliss-reactive ketones (excluding diaryl/α,β-unsaturated/α-hetero) is 1. The molecule has 0 bridgehead atoms. The number of allylic oxidation sites excluding steroid dienone is 2. The van der Waals surface area contributed by atoms with Crippen molar-refractivity contribution in [2.75, 3.05) is 42.5 Å². The summed E-state index contributed by atoms with van der Waals surface area (Å²) < 4.78 is 0. The Labute approximate surface area is 194 Å². The van der Waals surface area contributed by atoms with Gasteiger partial charge in [-0.3, -0.25) is 4.79 Å². The summed E-state index contributed by atoms with van der Waals surface area (Å²) in [5, 5.41) is 3.60. The van der Waals surface area contributed by atoms with Gasteiger partial charge in [0, 0.05) is 55.4 Å². The van der Waals surface area contributed by atoms with E-state index in [1.54, 1.807) is 0 Å². The third-order valence-electron chi connectivity index (χ3n) is 6.55. The average Bonchev–Trinajstić information content (AvgIpc) is 2.82. The molecule has 1 N–H and O–H groups in total. The first-order valence-electron chi connectivity index (χ1n) is 12.3. The number of nitrogens with zero attached hydrogens (tertiary/aromatic N) is 2. The van der Waals surface area contributed by atoms with E-state index in [0.717, 1.165) is 68.0 Å². The van der Waals surface area contributed by atoms with Crippen molar-refractivity contribution in [2.45, 2.75) is 53.4 Å². The van der Waals surface area contributed by atoms with Gasteiger partial charge in [0.05, 0.1) is 5.92 Å². The molecule has 172 valence electrons. The van der Waals surface area contributed by atoms with Gasteiger partial charge in [0.1, 0.15) is 0 Å². The Morgan fingerprint density at radius 2 is 1.25 bits per heavy atom. The van der Waals surface area contributed by atoms with Crippen molar-refractivity contribution < 1.29 is 4.79 Å². The van der Waals surface area contributed by atoms with Crippen LogP contribution in [0.4, 0.5) is 11.4 Å². The minimum absolute atomic E-state index is 0.185. The summed E-state index contributed by atoms with van der Waals surface area (Å²) in [6.45, 7) is 15.7. The van der Waals surface area contributed by atoms with Crippen molar-refractivity contribution in [3.8, 4) is 0 Å². The van der Waals surface area contributed by atoms with E-state index in [1.165, 1.54) is 11.4 Å². The minimum Gasteiger partial charge on any atom is -0.387 e. The maximum absolute atomic E-state index is 13.3. The molecule has 0 saturated heterocycles. The van der Waals surface area contributed by atoms with E-state index in [9.17, 15) is 4.79 Å². The average molecular weight is 434 g/mol. The Morgan fingerprint density at radius 3 is 1.72 bits per heavy atom. The van der Waals surface area contributed by atoms with E-state index in [0.29, 0.717) is 0 Å². The lowest BCUT2D eigenvalue weighted by Crippen LogP contribution is -2.36. The maximum Gasteiger partial charge on any atom is 0.178 e. The molecule has 0 radical (unpaired) electrons. The van der Waals surface area contributed by atoms with Crippen molar-refractivity contribution in [3.63, 3.8) is 0 Å². The Morgan fingerprint density at radius 1 is 0.750 bits per heavy atom. The van der Waals surface area contributed by atoms with Gasteiger partial charge in [-0.25, -0.2) is 0 Å². The van der Waals surface area contributed by atoms with Crippen LogP contribution < -0.4 is 15.1 Å². The SMILES string of the molecule is CCCCNC1=C(c2ccc(N(CC)CC)cc2)C(=O)C1c1ccc(N(CC)CC)cc1. The number of anilines is 2. The molecule has 1 atom stereocenters. The second-order valence-corrected chi connectivity index (χ2v) is 8.35. The number of rotatable bonds is 12. The van der Waals surface area contributed by atoms with Crippen molar-refractivity contribution in [2.24, 2.45) is 0 Å². The second-order valence-electron chi connectivity index (χ2n) is 8.35. The number of hydrogen-bond acceptors (Lipinski definition) is 4. The number of ketones is 1. The van der Waals surface area contributed by atoms with Crippen molar-refractivity contribution >= 4 is 22.7 Å². The highest BCUT2D eigenvalue weighted by Crippen LogP contribution is 2.43. The summed E-state index contributed by atoms with van der Waals surface area (Å²) in [5.41, 5.74) is 6.44. The molecule has 0 fully saturated rings. The van der Waals surface area contributed by atoms with E-state index >= 15 is 0 Å². The molecule has 4 nitrogen and oxygen atoms in total. The van der Waals surface area contributed by atoms with Gasteiger partial charge in [-0.1, -0.05) is 37.6 Å². The van der Waals surface area contributed by atoms with Crippen LogP contribution in [0.1, 0.15) is 64.5 Å². The first-order valence-corrected chi connectivity index (χ1v) is 12.3. The number of carbonyl (C=O) groups is 1. The van der Waals surface area contributed by atoms with Crippen LogP contribution in [0.3, 0.4) is 0 Å². The molecule has 1 aliphatic rings. The zero-order chi connectivity index (χ0) is 23.1. The lowest BCUT2D eigenvalue weighted by molar-refractivity contribution is -0.115. The molecular formula is C28H39N3O. The van der Waals surface area contributed by atoms with Gasteiger partial charge in [0.25, 0.3) is 0 Å². The van der Waals surface area contributed by atoms with E-state index in [-0.39, 0.29) is 11.7 Å². The summed E-state index contributed by atoms with van der Waals surface area (Å²) in [6.07, 6.45) is 2.23. The molecule has 2 aromatic rings. The summed E-state index contributed by atoms with van der Waals surface area (Å²) in [4.78, 5) is 18.0. The molecule has 0 aliphatic heterocycles. The lowest BCUT2D eigenvalue weighted by atomic mass is 9.73. The molecule has 1 unspecified atom stereocenters. The smallest absolute Gasteiger partial charge is 0.178 e. The minimum atomic E-state index is -0.185. The molecule has 4 heteroatoms. The Balaban J connectivity index is 1.90. The zero-order valence-electron chi connectivity index (χ0n) is 20.4. The predicted molar refractivity (Wildman–Crippen MR) is 138 cm³/mol. The predicted octanol–water partition coefficient (Wildman–Crippen LogP) is 5.85. The summed E-state index contributed by atoms with van der Waals surface area (Å²) in [6, 6.07) is 17.0. The molecular weight excluding hydrogens is 394 g/mol. The van der Waals surface area contributed by atoms with Crippen molar-refractivity contribution in [1.29, 1.82) is 0 Å². The highest BCUT2D eigenvalue weighted by atomic mass is 16.1. The van der Waals surface area contributed by atoms with Crippen molar-refractivity contribution in [3.05, 3.63) is 65.4 Å². The van der Waals surface area contributed by atoms with Crippen LogP contribution in [0, 0.1) is 0 Å². The Kier molecular flexibility index (Phi) is 8.38. The van der Waals surface area contributed by atoms with Crippen molar-refractivity contribution in [1.82, 2.24) is 5.32 Å². The third-order valence-corrected chi connectivity index (χ3v) is 6.55. The van der Waals surface area contributed by atoms with E-state index < -0.39 is 0 Å². The van der Waals surface area contributed by atoms with Gasteiger partial charge in [0.2, 0.25) is 0 Å². The topological polar surface area (TPSA) is 35.6 Å². The number of hydrogen-bond donors (Lipinski definition) is 1. The van der Waals surface area contributed by atoms with Crippen LogP contribution in [-0.4, -0.2) is 38.5 Å². The number of nitrogens with one attached hydrogen (secondary N) is 1. The van der Waals surface area contributed by atoms with Crippen LogP contribution in [0.5, 0.6) is 0 Å². The van der Waals surface area contributed by atoms with Crippen LogP contribution in [0.2, 0.25) is 0 Å². The van der Waals surface area contributed by atoms with Gasteiger partial charge >= 0.3 is 0 Å². The van der Waals surface area contributed by atoms with Gasteiger partial charge in [0.15, 0.2) is 5.78 Å². The molecule has 0 saturated carbocycles. The summed E-state index contributed by atoms with van der Waals surface area (Å²) in [5.74, 6) is 0.0326. The van der Waals surface area contributed by atoms with E-state index in [1.807, 2.05) is 0 Å². The fourth-order valence-electron chi connectivity index (χ4n) is 4.57. The maximum atomic E-state index is 13.3. The quantitative estimate of drug-likeness (QED) is 0.426. The molecule has 3 rings (SSSR count). The van der Waals surface area contributed by atoms with Gasteiger partial charge < -0.3 is 15.1 Å². The molecule has 0 spiro atoms. The van der Waals surface area contributed by atoms with Crippen LogP contribution >= 0.6 is 0 Å². The molecule has 0 amide bonds. The van der Waals surface area contributed by atoms with Gasteiger partial charge in [-0.2, -0.15) is 0 Å². The first-order chi connectivity index (χ1) is 15.6. The van der Waals surface area contributed by atoms with Crippen LogP contribution in [-0.2, 0) is 4.79 Å². The number of carbonyl (C=O) groups excluding carboxylic acids is 1. The largest absolute Gasteiger partial charge is 0.387 e. The summed E-state index contributed by atoms with van der Waals surface area (Å²) in [7, 11) is 0. The Hall–Kier alpha value is -2.75.